The summed E-state index contributed by atoms with van der Waals surface area (Å²) < 4.78 is 0. The molecule has 64 valence electrons. The first kappa shape index (κ1) is 10.3. The summed E-state index contributed by atoms with van der Waals surface area (Å²) in [5, 5.41) is 13.8. The summed E-state index contributed by atoms with van der Waals surface area (Å²) in [7, 11) is 0. The van der Waals surface area contributed by atoms with Gasteiger partial charge in [0.1, 0.15) is 0 Å². The van der Waals surface area contributed by atoms with Crippen molar-refractivity contribution in [2.45, 2.75) is 46.0 Å². The largest absolute Gasteiger partial charge is 0.443 e. The molecule has 1 saturated carbocycles. The Hall–Kier alpha value is -0.710. The molecule has 0 aliphatic heterocycles. The van der Waals surface area contributed by atoms with Crippen LogP contribution < -0.4 is 0 Å². The van der Waals surface area contributed by atoms with Gasteiger partial charge >= 0.3 is 0 Å². The van der Waals surface area contributed by atoms with Crippen molar-refractivity contribution in [1.82, 2.24) is 0 Å². The Balaban J connectivity index is 0.000000292. The van der Waals surface area contributed by atoms with E-state index in [4.69, 9.17) is 10.4 Å². The van der Waals surface area contributed by atoms with Gasteiger partial charge in [-0.25, -0.2) is 0 Å². The fraction of sp³-hybridized carbons (Fsp3) is 0.889. The molecule has 11 heavy (non-hydrogen) atoms. The van der Waals surface area contributed by atoms with Crippen LogP contribution in [0.15, 0.2) is 0 Å². The van der Waals surface area contributed by atoms with Crippen LogP contribution in [0.3, 0.4) is 0 Å². The van der Waals surface area contributed by atoms with Gasteiger partial charge in [0.15, 0.2) is 0 Å². The van der Waals surface area contributed by atoms with Crippen LogP contribution in [0.4, 0.5) is 0 Å². The van der Waals surface area contributed by atoms with Crippen LogP contribution in [0.25, 0.3) is 0 Å². The molecule has 2 nitrogen and oxygen atoms in total. The molecule has 2 heteroatoms. The van der Waals surface area contributed by atoms with Gasteiger partial charge in [0.05, 0.1) is 0 Å². The van der Waals surface area contributed by atoms with Gasteiger partial charge in [-0.15, -0.1) is 0 Å². The standard InChI is InChI=1S/C8H16.CHNO/c1-8(2)6-4-3-5-7-8;2-1-3/h3-7H2,1-2H3;3H. The third-order valence-electron chi connectivity index (χ3n) is 2.21. The van der Waals surface area contributed by atoms with Crippen LogP contribution in [0.2, 0.25) is 0 Å². The second-order valence-electron chi connectivity index (χ2n) is 3.82. The number of rotatable bonds is 0. The van der Waals surface area contributed by atoms with Crippen LogP contribution in [-0.2, 0) is 0 Å². The molecule has 1 N–H and O–H groups in total. The van der Waals surface area contributed by atoms with Gasteiger partial charge in [-0.3, -0.25) is 0 Å². The number of aliphatic hydroxyl groups excluding tert-OH is 1. The molecular weight excluding hydrogens is 138 g/mol. The van der Waals surface area contributed by atoms with E-state index in [1.165, 1.54) is 32.1 Å². The lowest BCUT2D eigenvalue weighted by molar-refractivity contribution is 0.244. The summed E-state index contributed by atoms with van der Waals surface area (Å²) in [5.41, 5.74) is 0.679. The highest BCUT2D eigenvalue weighted by Crippen LogP contribution is 2.34. The lowest BCUT2D eigenvalue weighted by Gasteiger charge is -2.28. The summed E-state index contributed by atoms with van der Waals surface area (Å²) >= 11 is 0. The van der Waals surface area contributed by atoms with E-state index in [2.05, 4.69) is 13.8 Å². The highest BCUT2D eigenvalue weighted by molar-refractivity contribution is 4.72. The van der Waals surface area contributed by atoms with Crippen molar-refractivity contribution in [1.29, 1.82) is 5.26 Å². The van der Waals surface area contributed by atoms with Crippen molar-refractivity contribution < 1.29 is 5.11 Å². The second kappa shape index (κ2) is 5.01. The molecule has 0 heterocycles. The summed E-state index contributed by atoms with van der Waals surface area (Å²) in [6.07, 6.45) is 8.06. The molecule has 1 aliphatic rings. The first-order chi connectivity index (χ1) is 5.12. The van der Waals surface area contributed by atoms with Gasteiger partial charge in [-0.2, -0.15) is 5.26 Å². The molecule has 0 unspecified atom stereocenters. The smallest absolute Gasteiger partial charge is 0.283 e. The van der Waals surface area contributed by atoms with E-state index >= 15 is 0 Å². The van der Waals surface area contributed by atoms with Crippen molar-refractivity contribution in [3.63, 3.8) is 0 Å². The lowest BCUT2D eigenvalue weighted by atomic mass is 9.78. The molecule has 0 spiro atoms. The van der Waals surface area contributed by atoms with E-state index in [0.29, 0.717) is 5.41 Å². The number of aliphatic hydroxyl groups is 1. The molecule has 0 bridgehead atoms. The fourth-order valence-electron chi connectivity index (χ4n) is 1.51. The first-order valence-electron chi connectivity index (χ1n) is 4.15. The molecular formula is C9H17NO. The van der Waals surface area contributed by atoms with Gasteiger partial charge in [0.2, 0.25) is 0 Å². The molecule has 0 amide bonds. The predicted octanol–water partition coefficient (Wildman–Crippen LogP) is 2.82. The maximum absolute atomic E-state index is 6.88. The highest BCUT2D eigenvalue weighted by atomic mass is 16.2. The summed E-state index contributed by atoms with van der Waals surface area (Å²) in [6, 6.07) is 0. The van der Waals surface area contributed by atoms with Crippen LogP contribution in [-0.4, -0.2) is 5.11 Å². The molecule has 0 aromatic rings. The predicted molar refractivity (Wildman–Crippen MR) is 44.4 cm³/mol. The van der Waals surface area contributed by atoms with Crippen LogP contribution in [0.5, 0.6) is 0 Å². The lowest BCUT2D eigenvalue weighted by Crippen LogP contribution is -2.14. The molecule has 0 aromatic carbocycles. The van der Waals surface area contributed by atoms with E-state index in [1.54, 1.807) is 0 Å². The SMILES string of the molecule is CC1(C)CCCCC1.N#CO. The Labute approximate surface area is 68.8 Å². The molecule has 0 atom stereocenters. The van der Waals surface area contributed by atoms with E-state index < -0.39 is 0 Å². The van der Waals surface area contributed by atoms with Gasteiger partial charge in [-0.1, -0.05) is 33.1 Å². The Morgan fingerprint density at radius 3 is 1.73 bits per heavy atom. The third kappa shape index (κ3) is 5.72. The Morgan fingerprint density at radius 2 is 1.55 bits per heavy atom. The number of nitrogens with zero attached hydrogens (tertiary/aromatic N) is 1. The van der Waals surface area contributed by atoms with E-state index in [9.17, 15) is 0 Å². The number of hydrogen-bond donors (Lipinski definition) is 1. The normalized spacial score (nSPS) is 20.8. The first-order valence-corrected chi connectivity index (χ1v) is 4.15. The van der Waals surface area contributed by atoms with E-state index in [-0.39, 0.29) is 0 Å². The minimum absolute atomic E-state index is 0.679. The third-order valence-corrected chi connectivity index (χ3v) is 2.21. The topological polar surface area (TPSA) is 44.0 Å². The van der Waals surface area contributed by atoms with Crippen molar-refractivity contribution in [3.8, 4) is 6.26 Å². The van der Waals surface area contributed by atoms with Crippen LogP contribution >= 0.6 is 0 Å². The van der Waals surface area contributed by atoms with E-state index in [0.717, 1.165) is 6.26 Å². The van der Waals surface area contributed by atoms with Crippen LogP contribution in [0, 0.1) is 16.9 Å². The zero-order valence-electron chi connectivity index (χ0n) is 7.43. The van der Waals surface area contributed by atoms with Gasteiger partial charge in [0.25, 0.3) is 6.26 Å². The minimum atomic E-state index is 0.679. The van der Waals surface area contributed by atoms with E-state index in [1.807, 2.05) is 0 Å². The van der Waals surface area contributed by atoms with Crippen molar-refractivity contribution in [2.75, 3.05) is 0 Å². The number of nitriles is 1. The Bertz CT molecular complexity index is 127. The quantitative estimate of drug-likeness (QED) is 0.547. The monoisotopic (exact) mass is 155 g/mol. The molecule has 1 aliphatic carbocycles. The molecule has 1 fully saturated rings. The summed E-state index contributed by atoms with van der Waals surface area (Å²) in [6.45, 7) is 4.76. The zero-order valence-corrected chi connectivity index (χ0v) is 7.43. The zero-order chi connectivity index (χ0) is 8.74. The van der Waals surface area contributed by atoms with Gasteiger partial charge in [-0.05, 0) is 18.3 Å². The minimum Gasteiger partial charge on any atom is -0.443 e. The van der Waals surface area contributed by atoms with Crippen molar-refractivity contribution in [2.24, 2.45) is 5.41 Å². The summed E-state index contributed by atoms with van der Waals surface area (Å²) in [4.78, 5) is 0. The molecule has 0 radical (unpaired) electrons. The average Bonchev–Trinajstić information content (AvgIpc) is 1.88. The molecule has 0 saturated heterocycles. The van der Waals surface area contributed by atoms with Crippen LogP contribution in [0.1, 0.15) is 46.0 Å². The number of hydrogen-bond acceptors (Lipinski definition) is 2. The maximum Gasteiger partial charge on any atom is 0.283 e. The van der Waals surface area contributed by atoms with Crippen molar-refractivity contribution in [3.05, 3.63) is 0 Å². The van der Waals surface area contributed by atoms with Crippen molar-refractivity contribution >= 4 is 0 Å². The highest BCUT2D eigenvalue weighted by Gasteiger charge is 2.19. The fourth-order valence-corrected chi connectivity index (χ4v) is 1.51. The Morgan fingerprint density at radius 1 is 1.18 bits per heavy atom. The Kier molecular flexibility index (Phi) is 4.69. The molecule has 1 rings (SSSR count). The summed E-state index contributed by atoms with van der Waals surface area (Å²) in [5.74, 6) is 0. The molecule has 0 aromatic heterocycles. The average molecular weight is 155 g/mol. The van der Waals surface area contributed by atoms with Gasteiger partial charge in [0, 0.05) is 0 Å². The van der Waals surface area contributed by atoms with Gasteiger partial charge < -0.3 is 5.11 Å². The second-order valence-corrected chi connectivity index (χ2v) is 3.82. The maximum atomic E-state index is 6.88.